The first-order valence-electron chi connectivity index (χ1n) is 7.33. The molecule has 0 spiro atoms. The third-order valence-corrected chi connectivity index (χ3v) is 3.74. The van der Waals surface area contributed by atoms with E-state index in [9.17, 15) is 0 Å². The Labute approximate surface area is 124 Å². The molecule has 21 heavy (non-hydrogen) atoms. The Morgan fingerprint density at radius 1 is 1.33 bits per heavy atom. The third-order valence-electron chi connectivity index (χ3n) is 3.74. The van der Waals surface area contributed by atoms with Gasteiger partial charge < -0.3 is 11.1 Å². The molecule has 0 atom stereocenters. The van der Waals surface area contributed by atoms with E-state index >= 15 is 0 Å². The summed E-state index contributed by atoms with van der Waals surface area (Å²) in [5, 5.41) is 7.26. The van der Waals surface area contributed by atoms with Gasteiger partial charge in [0.15, 0.2) is 5.96 Å². The van der Waals surface area contributed by atoms with Gasteiger partial charge in [-0.15, -0.1) is 0 Å². The highest BCUT2D eigenvalue weighted by molar-refractivity contribution is 5.93. The SMILES string of the molecule is NC(=NCCn1cncn1)Nc1cccc2c1CCCC2. The average molecular weight is 284 g/mol. The first-order valence-corrected chi connectivity index (χ1v) is 7.33. The van der Waals surface area contributed by atoms with Crippen molar-refractivity contribution in [2.45, 2.75) is 32.2 Å². The fourth-order valence-corrected chi connectivity index (χ4v) is 2.70. The molecular formula is C15H20N6. The van der Waals surface area contributed by atoms with E-state index in [1.165, 1.54) is 30.3 Å². The van der Waals surface area contributed by atoms with Crippen LogP contribution >= 0.6 is 0 Å². The van der Waals surface area contributed by atoms with Gasteiger partial charge in [0, 0.05) is 5.69 Å². The van der Waals surface area contributed by atoms with E-state index in [0.29, 0.717) is 19.0 Å². The molecule has 1 aliphatic carbocycles. The summed E-state index contributed by atoms with van der Waals surface area (Å²) in [6, 6.07) is 6.36. The van der Waals surface area contributed by atoms with E-state index in [4.69, 9.17) is 5.73 Å². The Hall–Kier alpha value is -2.37. The Morgan fingerprint density at radius 3 is 3.10 bits per heavy atom. The molecular weight excluding hydrogens is 264 g/mol. The Bertz CT molecular complexity index is 617. The maximum absolute atomic E-state index is 5.97. The molecule has 0 amide bonds. The number of nitrogens with zero attached hydrogens (tertiary/aromatic N) is 4. The number of aliphatic imine (C=N–C) groups is 1. The number of aromatic nitrogens is 3. The molecule has 6 heteroatoms. The van der Waals surface area contributed by atoms with Gasteiger partial charge in [-0.3, -0.25) is 9.67 Å². The normalized spacial score (nSPS) is 14.8. The monoisotopic (exact) mass is 284 g/mol. The molecule has 1 aromatic heterocycles. The van der Waals surface area contributed by atoms with E-state index in [1.54, 1.807) is 11.0 Å². The van der Waals surface area contributed by atoms with Crippen LogP contribution in [0.1, 0.15) is 24.0 Å². The highest BCUT2D eigenvalue weighted by atomic mass is 15.3. The zero-order valence-electron chi connectivity index (χ0n) is 12.0. The van der Waals surface area contributed by atoms with Crippen molar-refractivity contribution >= 4 is 11.6 Å². The van der Waals surface area contributed by atoms with E-state index in [-0.39, 0.29) is 0 Å². The molecule has 0 radical (unpaired) electrons. The molecule has 110 valence electrons. The predicted molar refractivity (Wildman–Crippen MR) is 83.2 cm³/mol. The van der Waals surface area contributed by atoms with Gasteiger partial charge in [0.1, 0.15) is 12.7 Å². The van der Waals surface area contributed by atoms with Gasteiger partial charge in [-0.25, -0.2) is 4.98 Å². The molecule has 0 saturated heterocycles. The quantitative estimate of drug-likeness (QED) is 0.660. The number of rotatable bonds is 4. The van der Waals surface area contributed by atoms with Crippen molar-refractivity contribution in [3.05, 3.63) is 42.0 Å². The summed E-state index contributed by atoms with van der Waals surface area (Å²) in [7, 11) is 0. The molecule has 0 saturated carbocycles. The average Bonchev–Trinajstić information content (AvgIpc) is 3.01. The van der Waals surface area contributed by atoms with Crippen LogP contribution < -0.4 is 11.1 Å². The number of fused-ring (bicyclic) bond motifs is 1. The maximum atomic E-state index is 5.97. The number of nitrogens with one attached hydrogen (secondary N) is 1. The van der Waals surface area contributed by atoms with Gasteiger partial charge in [-0.05, 0) is 42.9 Å². The van der Waals surface area contributed by atoms with Crippen molar-refractivity contribution in [3.8, 4) is 0 Å². The van der Waals surface area contributed by atoms with Gasteiger partial charge in [-0.2, -0.15) is 5.10 Å². The minimum absolute atomic E-state index is 0.453. The van der Waals surface area contributed by atoms with E-state index in [1.807, 2.05) is 0 Å². The van der Waals surface area contributed by atoms with Crippen LogP contribution in [0.3, 0.4) is 0 Å². The minimum atomic E-state index is 0.453. The summed E-state index contributed by atoms with van der Waals surface area (Å²) in [5.41, 5.74) is 9.88. The Morgan fingerprint density at radius 2 is 2.24 bits per heavy atom. The number of nitrogens with two attached hydrogens (primary N) is 1. The van der Waals surface area contributed by atoms with Gasteiger partial charge in [0.2, 0.25) is 0 Å². The molecule has 0 unspecified atom stereocenters. The molecule has 3 N–H and O–H groups in total. The van der Waals surface area contributed by atoms with Crippen molar-refractivity contribution in [1.82, 2.24) is 14.8 Å². The second kappa shape index (κ2) is 6.39. The second-order valence-corrected chi connectivity index (χ2v) is 5.20. The van der Waals surface area contributed by atoms with Crippen molar-refractivity contribution < 1.29 is 0 Å². The molecule has 2 aromatic rings. The smallest absolute Gasteiger partial charge is 0.193 e. The van der Waals surface area contributed by atoms with Crippen LogP contribution in [0.15, 0.2) is 35.8 Å². The minimum Gasteiger partial charge on any atom is -0.370 e. The number of hydrogen-bond donors (Lipinski definition) is 2. The molecule has 1 aliphatic rings. The van der Waals surface area contributed by atoms with E-state index in [0.717, 1.165) is 18.5 Å². The number of benzene rings is 1. The van der Waals surface area contributed by atoms with Crippen LogP contribution in [-0.4, -0.2) is 27.3 Å². The summed E-state index contributed by atoms with van der Waals surface area (Å²) in [5.74, 6) is 0.453. The molecule has 0 fully saturated rings. The van der Waals surface area contributed by atoms with Gasteiger partial charge in [0.25, 0.3) is 0 Å². The summed E-state index contributed by atoms with van der Waals surface area (Å²) in [4.78, 5) is 8.23. The lowest BCUT2D eigenvalue weighted by Gasteiger charge is -2.19. The molecule has 0 bridgehead atoms. The Balaban J connectivity index is 1.63. The van der Waals surface area contributed by atoms with Crippen molar-refractivity contribution in [2.24, 2.45) is 10.7 Å². The number of aryl methyl sites for hydroxylation is 1. The molecule has 1 heterocycles. The molecule has 1 aromatic carbocycles. The third kappa shape index (κ3) is 3.39. The van der Waals surface area contributed by atoms with Crippen LogP contribution in [-0.2, 0) is 19.4 Å². The van der Waals surface area contributed by atoms with Crippen LogP contribution in [0.2, 0.25) is 0 Å². The second-order valence-electron chi connectivity index (χ2n) is 5.20. The number of anilines is 1. The highest BCUT2D eigenvalue weighted by Crippen LogP contribution is 2.27. The Kier molecular flexibility index (Phi) is 4.14. The van der Waals surface area contributed by atoms with Crippen LogP contribution in [0.25, 0.3) is 0 Å². The first kappa shape index (κ1) is 13.6. The lowest BCUT2D eigenvalue weighted by Crippen LogP contribution is -2.24. The molecule has 3 rings (SSSR count). The van der Waals surface area contributed by atoms with Crippen LogP contribution in [0.5, 0.6) is 0 Å². The summed E-state index contributed by atoms with van der Waals surface area (Å²) in [6.45, 7) is 1.26. The topological polar surface area (TPSA) is 81.1 Å². The zero-order valence-corrected chi connectivity index (χ0v) is 12.0. The molecule has 6 nitrogen and oxygen atoms in total. The maximum Gasteiger partial charge on any atom is 0.193 e. The van der Waals surface area contributed by atoms with E-state index in [2.05, 4.69) is 38.6 Å². The lowest BCUT2D eigenvalue weighted by molar-refractivity contribution is 0.624. The number of guanidine groups is 1. The fraction of sp³-hybridized carbons (Fsp3) is 0.400. The standard InChI is InChI=1S/C15H20N6/c16-15(18-8-9-21-11-17-10-19-21)20-14-7-3-5-12-4-1-2-6-13(12)14/h3,5,7,10-11H,1-2,4,6,8-9H2,(H3,16,18,20). The predicted octanol–water partition coefficient (Wildman–Crippen LogP) is 1.58. The summed E-state index contributed by atoms with van der Waals surface area (Å²) >= 11 is 0. The fourth-order valence-electron chi connectivity index (χ4n) is 2.70. The van der Waals surface area contributed by atoms with Gasteiger partial charge in [0.05, 0.1) is 13.1 Å². The number of hydrogen-bond acceptors (Lipinski definition) is 3. The zero-order chi connectivity index (χ0) is 14.5. The van der Waals surface area contributed by atoms with Crippen molar-refractivity contribution in [1.29, 1.82) is 0 Å². The van der Waals surface area contributed by atoms with E-state index < -0.39 is 0 Å². The summed E-state index contributed by atoms with van der Waals surface area (Å²) in [6.07, 6.45) is 7.99. The van der Waals surface area contributed by atoms with Gasteiger partial charge in [-0.1, -0.05) is 12.1 Å². The van der Waals surface area contributed by atoms with Crippen molar-refractivity contribution in [2.75, 3.05) is 11.9 Å². The first-order chi connectivity index (χ1) is 10.3. The van der Waals surface area contributed by atoms with Crippen molar-refractivity contribution in [3.63, 3.8) is 0 Å². The summed E-state index contributed by atoms with van der Waals surface area (Å²) < 4.78 is 1.74. The largest absolute Gasteiger partial charge is 0.370 e. The van der Waals surface area contributed by atoms with Gasteiger partial charge >= 0.3 is 0 Å². The van der Waals surface area contributed by atoms with Crippen LogP contribution in [0, 0.1) is 0 Å². The highest BCUT2D eigenvalue weighted by Gasteiger charge is 2.12. The lowest BCUT2D eigenvalue weighted by atomic mass is 9.90. The molecule has 0 aliphatic heterocycles. The van der Waals surface area contributed by atoms with Crippen LogP contribution in [0.4, 0.5) is 5.69 Å².